The van der Waals surface area contributed by atoms with E-state index < -0.39 is 0 Å². The van der Waals surface area contributed by atoms with Crippen molar-refractivity contribution in [1.29, 1.82) is 0 Å². The second-order valence-corrected chi connectivity index (χ2v) is 5.67. The highest BCUT2D eigenvalue weighted by molar-refractivity contribution is 5.91. The number of fused-ring (bicyclic) bond motifs is 1. The molecular formula is C18H20N2O2. The minimum Gasteiger partial charge on any atom is -0.459 e. The lowest BCUT2D eigenvalue weighted by Crippen LogP contribution is -2.32. The minimum absolute atomic E-state index is 0.0940. The first-order chi connectivity index (χ1) is 10.6. The van der Waals surface area contributed by atoms with Crippen LogP contribution in [0.3, 0.4) is 0 Å². The van der Waals surface area contributed by atoms with Crippen molar-refractivity contribution in [2.24, 2.45) is 7.05 Å². The molecule has 1 amide bonds. The van der Waals surface area contributed by atoms with Crippen LogP contribution in [0.25, 0.3) is 10.9 Å². The number of amides is 1. The van der Waals surface area contributed by atoms with Crippen LogP contribution < -0.4 is 5.32 Å². The number of furan rings is 1. The summed E-state index contributed by atoms with van der Waals surface area (Å²) >= 11 is 0. The Morgan fingerprint density at radius 1 is 1.27 bits per heavy atom. The molecule has 4 nitrogen and oxygen atoms in total. The molecule has 22 heavy (non-hydrogen) atoms. The second kappa shape index (κ2) is 6.10. The maximum Gasteiger partial charge on any atom is 0.287 e. The Balaban J connectivity index is 1.63. The van der Waals surface area contributed by atoms with Gasteiger partial charge in [-0.1, -0.05) is 18.2 Å². The third kappa shape index (κ3) is 2.91. The number of aromatic nitrogens is 1. The van der Waals surface area contributed by atoms with E-state index in [4.69, 9.17) is 4.42 Å². The molecule has 0 radical (unpaired) electrons. The molecule has 1 aromatic carbocycles. The summed E-state index contributed by atoms with van der Waals surface area (Å²) in [7, 11) is 2.06. The highest BCUT2D eigenvalue weighted by Crippen LogP contribution is 2.21. The number of aryl methyl sites for hydroxylation is 2. The molecule has 2 aromatic heterocycles. The number of carbonyl (C=O) groups is 1. The first kappa shape index (κ1) is 14.4. The summed E-state index contributed by atoms with van der Waals surface area (Å²) < 4.78 is 7.25. The fraction of sp³-hybridized carbons (Fsp3) is 0.278. The summed E-state index contributed by atoms with van der Waals surface area (Å²) in [5.41, 5.74) is 2.56. The number of hydrogen-bond acceptors (Lipinski definition) is 2. The van der Waals surface area contributed by atoms with Crippen molar-refractivity contribution >= 4 is 16.8 Å². The molecule has 4 heteroatoms. The van der Waals surface area contributed by atoms with Gasteiger partial charge in [0.05, 0.1) is 6.26 Å². The standard InChI is InChI=1S/C18H20N2O2/c1-13(19-18(21)17-8-5-11-22-17)9-10-14-12-20(2)16-7-4-3-6-15(14)16/h3-8,11-13H,9-10H2,1-2H3,(H,19,21)/t13-/m1/s1. The quantitative estimate of drug-likeness (QED) is 0.783. The number of carbonyl (C=O) groups excluding carboxylic acids is 1. The van der Waals surface area contributed by atoms with Gasteiger partial charge >= 0.3 is 0 Å². The van der Waals surface area contributed by atoms with Crippen molar-refractivity contribution in [3.8, 4) is 0 Å². The van der Waals surface area contributed by atoms with E-state index in [1.54, 1.807) is 12.1 Å². The van der Waals surface area contributed by atoms with E-state index in [0.717, 1.165) is 12.8 Å². The number of rotatable bonds is 5. The molecule has 0 bridgehead atoms. The minimum atomic E-state index is -0.157. The van der Waals surface area contributed by atoms with Gasteiger partial charge in [-0.05, 0) is 43.5 Å². The van der Waals surface area contributed by atoms with Gasteiger partial charge in [0.1, 0.15) is 0 Å². The summed E-state index contributed by atoms with van der Waals surface area (Å²) in [5.74, 6) is 0.201. The van der Waals surface area contributed by atoms with Gasteiger partial charge in [-0.15, -0.1) is 0 Å². The van der Waals surface area contributed by atoms with E-state index in [1.165, 1.54) is 22.7 Å². The van der Waals surface area contributed by atoms with Gasteiger partial charge in [-0.25, -0.2) is 0 Å². The Morgan fingerprint density at radius 2 is 2.09 bits per heavy atom. The molecule has 0 fully saturated rings. The zero-order chi connectivity index (χ0) is 15.5. The van der Waals surface area contributed by atoms with Crippen molar-refractivity contribution in [3.63, 3.8) is 0 Å². The van der Waals surface area contributed by atoms with Crippen LogP contribution >= 0.6 is 0 Å². The topological polar surface area (TPSA) is 47.2 Å². The Kier molecular flexibility index (Phi) is 4.00. The predicted molar refractivity (Wildman–Crippen MR) is 86.9 cm³/mol. The van der Waals surface area contributed by atoms with Gasteiger partial charge in [0.2, 0.25) is 0 Å². The number of benzene rings is 1. The molecule has 0 aliphatic rings. The summed E-state index contributed by atoms with van der Waals surface area (Å²) in [6.07, 6.45) is 5.50. The highest BCUT2D eigenvalue weighted by Gasteiger charge is 2.13. The molecule has 0 saturated heterocycles. The van der Waals surface area contributed by atoms with Gasteiger partial charge < -0.3 is 14.3 Å². The van der Waals surface area contributed by atoms with Crippen molar-refractivity contribution < 1.29 is 9.21 Å². The SMILES string of the molecule is C[C@H](CCc1cn(C)c2ccccc12)NC(=O)c1ccco1. The van der Waals surface area contributed by atoms with E-state index >= 15 is 0 Å². The van der Waals surface area contributed by atoms with Crippen molar-refractivity contribution in [1.82, 2.24) is 9.88 Å². The number of nitrogens with zero attached hydrogens (tertiary/aromatic N) is 1. The van der Waals surface area contributed by atoms with Crippen LogP contribution in [-0.4, -0.2) is 16.5 Å². The van der Waals surface area contributed by atoms with E-state index in [2.05, 4.69) is 47.4 Å². The molecule has 1 atom stereocenters. The third-order valence-corrected chi connectivity index (χ3v) is 3.95. The van der Waals surface area contributed by atoms with Crippen LogP contribution in [0.4, 0.5) is 0 Å². The molecule has 0 saturated carbocycles. The van der Waals surface area contributed by atoms with Gasteiger partial charge in [0, 0.05) is 30.2 Å². The number of nitrogens with one attached hydrogen (secondary N) is 1. The lowest BCUT2D eigenvalue weighted by Gasteiger charge is -2.12. The summed E-state index contributed by atoms with van der Waals surface area (Å²) in [6, 6.07) is 11.9. The highest BCUT2D eigenvalue weighted by atomic mass is 16.3. The van der Waals surface area contributed by atoms with Gasteiger partial charge in [-0.3, -0.25) is 4.79 Å². The van der Waals surface area contributed by atoms with Crippen molar-refractivity contribution in [2.45, 2.75) is 25.8 Å². The first-order valence-corrected chi connectivity index (χ1v) is 7.52. The van der Waals surface area contributed by atoms with Crippen LogP contribution in [0.2, 0.25) is 0 Å². The Morgan fingerprint density at radius 3 is 2.86 bits per heavy atom. The molecule has 3 rings (SSSR count). The number of para-hydroxylation sites is 1. The predicted octanol–water partition coefficient (Wildman–Crippen LogP) is 3.52. The van der Waals surface area contributed by atoms with E-state index in [9.17, 15) is 4.79 Å². The fourth-order valence-electron chi connectivity index (χ4n) is 2.77. The summed E-state index contributed by atoms with van der Waals surface area (Å²) in [6.45, 7) is 2.02. The Hall–Kier alpha value is -2.49. The van der Waals surface area contributed by atoms with Crippen LogP contribution in [0.15, 0.2) is 53.3 Å². The molecule has 0 unspecified atom stereocenters. The molecule has 1 N–H and O–H groups in total. The Bertz CT molecular complexity index is 772. The smallest absolute Gasteiger partial charge is 0.287 e. The molecular weight excluding hydrogens is 276 g/mol. The van der Waals surface area contributed by atoms with Crippen molar-refractivity contribution in [3.05, 3.63) is 60.2 Å². The first-order valence-electron chi connectivity index (χ1n) is 7.52. The maximum absolute atomic E-state index is 11.9. The zero-order valence-corrected chi connectivity index (χ0v) is 12.9. The summed E-state index contributed by atoms with van der Waals surface area (Å²) in [5, 5.41) is 4.25. The zero-order valence-electron chi connectivity index (χ0n) is 12.9. The molecule has 0 aliphatic carbocycles. The van der Waals surface area contributed by atoms with E-state index in [0.29, 0.717) is 5.76 Å². The molecule has 2 heterocycles. The average Bonchev–Trinajstić information content (AvgIpc) is 3.14. The van der Waals surface area contributed by atoms with Gasteiger partial charge in [0.15, 0.2) is 5.76 Å². The molecule has 3 aromatic rings. The van der Waals surface area contributed by atoms with Crippen LogP contribution in [-0.2, 0) is 13.5 Å². The molecule has 0 spiro atoms. The average molecular weight is 296 g/mol. The second-order valence-electron chi connectivity index (χ2n) is 5.67. The van der Waals surface area contributed by atoms with Crippen LogP contribution in [0.5, 0.6) is 0 Å². The fourth-order valence-corrected chi connectivity index (χ4v) is 2.77. The maximum atomic E-state index is 11.9. The lowest BCUT2D eigenvalue weighted by atomic mass is 10.1. The lowest BCUT2D eigenvalue weighted by molar-refractivity contribution is 0.0910. The van der Waals surface area contributed by atoms with Gasteiger partial charge in [-0.2, -0.15) is 0 Å². The van der Waals surface area contributed by atoms with Crippen LogP contribution in [0.1, 0.15) is 29.5 Å². The summed E-state index contributed by atoms with van der Waals surface area (Å²) in [4.78, 5) is 11.9. The van der Waals surface area contributed by atoms with Crippen molar-refractivity contribution in [2.75, 3.05) is 0 Å². The van der Waals surface area contributed by atoms with E-state index in [1.807, 2.05) is 6.92 Å². The largest absolute Gasteiger partial charge is 0.459 e. The Labute approximate surface area is 129 Å². The normalized spacial score (nSPS) is 12.5. The molecule has 0 aliphatic heterocycles. The van der Waals surface area contributed by atoms with E-state index in [-0.39, 0.29) is 11.9 Å². The third-order valence-electron chi connectivity index (χ3n) is 3.95. The molecule has 114 valence electrons. The number of hydrogen-bond donors (Lipinski definition) is 1. The van der Waals surface area contributed by atoms with Crippen LogP contribution in [0, 0.1) is 0 Å². The van der Waals surface area contributed by atoms with Gasteiger partial charge in [0.25, 0.3) is 5.91 Å². The monoisotopic (exact) mass is 296 g/mol.